The second kappa shape index (κ2) is 7.95. The SMILES string of the molecule is CCC1(CCN(C)C)CN(C(=O)c2cccc(F)c2F)C2=C1CC=C(F)C=C2. The Balaban J connectivity index is 2.05. The second-order valence-electron chi connectivity index (χ2n) is 7.67. The van der Waals surface area contributed by atoms with Gasteiger partial charge in [-0.25, -0.2) is 13.2 Å². The number of amides is 1. The van der Waals surface area contributed by atoms with Crippen LogP contribution < -0.4 is 0 Å². The lowest BCUT2D eigenvalue weighted by Gasteiger charge is -2.33. The molecule has 150 valence electrons. The van der Waals surface area contributed by atoms with Gasteiger partial charge in [0, 0.05) is 17.7 Å². The van der Waals surface area contributed by atoms with Gasteiger partial charge in [0.15, 0.2) is 11.6 Å². The van der Waals surface area contributed by atoms with Crippen LogP contribution in [0.25, 0.3) is 0 Å². The number of benzene rings is 1. The van der Waals surface area contributed by atoms with Crippen LogP contribution in [0.3, 0.4) is 0 Å². The van der Waals surface area contributed by atoms with Crippen LogP contribution in [0, 0.1) is 17.0 Å². The van der Waals surface area contributed by atoms with Crippen molar-refractivity contribution in [1.82, 2.24) is 9.80 Å². The number of nitrogens with zero attached hydrogens (tertiary/aromatic N) is 2. The maximum Gasteiger partial charge on any atom is 0.261 e. The molecule has 0 aromatic heterocycles. The summed E-state index contributed by atoms with van der Waals surface area (Å²) in [6, 6.07) is 3.59. The maximum absolute atomic E-state index is 14.3. The van der Waals surface area contributed by atoms with Crippen molar-refractivity contribution >= 4 is 5.91 Å². The number of halogens is 3. The molecule has 2 aliphatic rings. The van der Waals surface area contributed by atoms with Crippen LogP contribution in [0.2, 0.25) is 0 Å². The number of hydrogen-bond donors (Lipinski definition) is 0. The summed E-state index contributed by atoms with van der Waals surface area (Å²) in [4.78, 5) is 16.7. The molecule has 28 heavy (non-hydrogen) atoms. The van der Waals surface area contributed by atoms with E-state index in [9.17, 15) is 18.0 Å². The first-order valence-electron chi connectivity index (χ1n) is 9.47. The second-order valence-corrected chi connectivity index (χ2v) is 7.67. The first-order valence-corrected chi connectivity index (χ1v) is 9.47. The Hall–Kier alpha value is -2.34. The lowest BCUT2D eigenvalue weighted by atomic mass is 9.75. The molecule has 1 aliphatic heterocycles. The van der Waals surface area contributed by atoms with E-state index in [-0.39, 0.29) is 16.8 Å². The van der Waals surface area contributed by atoms with Gasteiger partial charge in [0.2, 0.25) is 0 Å². The fourth-order valence-electron chi connectivity index (χ4n) is 4.02. The molecular formula is C22H25F3N2O. The highest BCUT2D eigenvalue weighted by Crippen LogP contribution is 2.48. The highest BCUT2D eigenvalue weighted by molar-refractivity contribution is 5.96. The summed E-state index contributed by atoms with van der Waals surface area (Å²) in [7, 11) is 3.95. The normalized spacial score (nSPS) is 21.8. The summed E-state index contributed by atoms with van der Waals surface area (Å²) in [5.41, 5.74) is 0.936. The summed E-state index contributed by atoms with van der Waals surface area (Å²) in [5, 5.41) is 0. The summed E-state index contributed by atoms with van der Waals surface area (Å²) in [6.07, 6.45) is 6.35. The molecule has 3 rings (SSSR count). The predicted octanol–water partition coefficient (Wildman–Crippen LogP) is 4.84. The fraction of sp³-hybridized carbons (Fsp3) is 0.409. The molecule has 1 atom stereocenters. The van der Waals surface area contributed by atoms with Gasteiger partial charge < -0.3 is 9.80 Å². The van der Waals surface area contributed by atoms with E-state index in [1.165, 1.54) is 29.2 Å². The highest BCUT2D eigenvalue weighted by atomic mass is 19.2. The minimum Gasteiger partial charge on any atom is -0.309 e. The van der Waals surface area contributed by atoms with Gasteiger partial charge in [0.25, 0.3) is 5.91 Å². The number of carbonyl (C=O) groups is 1. The van der Waals surface area contributed by atoms with E-state index < -0.39 is 17.5 Å². The van der Waals surface area contributed by atoms with Gasteiger partial charge in [-0.2, -0.15) is 0 Å². The lowest BCUT2D eigenvalue weighted by Crippen LogP contribution is -2.36. The zero-order valence-electron chi connectivity index (χ0n) is 16.4. The zero-order chi connectivity index (χ0) is 20.5. The Labute approximate surface area is 163 Å². The molecule has 1 aliphatic carbocycles. The Kier molecular flexibility index (Phi) is 5.79. The van der Waals surface area contributed by atoms with Crippen molar-refractivity contribution in [3.05, 3.63) is 70.7 Å². The Morgan fingerprint density at radius 2 is 1.96 bits per heavy atom. The topological polar surface area (TPSA) is 23.6 Å². The summed E-state index contributed by atoms with van der Waals surface area (Å²) in [6.45, 7) is 3.22. The molecule has 1 unspecified atom stereocenters. The molecule has 3 nitrogen and oxygen atoms in total. The summed E-state index contributed by atoms with van der Waals surface area (Å²) >= 11 is 0. The Morgan fingerprint density at radius 1 is 1.21 bits per heavy atom. The smallest absolute Gasteiger partial charge is 0.261 e. The molecule has 1 aromatic rings. The average molecular weight is 390 g/mol. The van der Waals surface area contributed by atoms with Gasteiger partial charge in [-0.05, 0) is 75.8 Å². The van der Waals surface area contributed by atoms with E-state index in [4.69, 9.17) is 0 Å². The third-order valence-corrected chi connectivity index (χ3v) is 5.74. The minimum atomic E-state index is -1.15. The van der Waals surface area contributed by atoms with E-state index in [0.29, 0.717) is 18.7 Å². The molecule has 0 N–H and O–H groups in total. The van der Waals surface area contributed by atoms with Gasteiger partial charge in [-0.15, -0.1) is 0 Å². The van der Waals surface area contributed by atoms with Gasteiger partial charge >= 0.3 is 0 Å². The monoisotopic (exact) mass is 390 g/mol. The van der Waals surface area contributed by atoms with E-state index in [1.54, 1.807) is 6.08 Å². The number of hydrogen-bond acceptors (Lipinski definition) is 2. The van der Waals surface area contributed by atoms with Crippen molar-refractivity contribution in [3.8, 4) is 0 Å². The largest absolute Gasteiger partial charge is 0.309 e. The highest BCUT2D eigenvalue weighted by Gasteiger charge is 2.45. The van der Waals surface area contributed by atoms with Gasteiger partial charge in [-0.1, -0.05) is 13.0 Å². The molecule has 0 saturated carbocycles. The Bertz CT molecular complexity index is 873. The minimum absolute atomic E-state index is 0.308. The fourth-order valence-corrected chi connectivity index (χ4v) is 4.02. The van der Waals surface area contributed by atoms with Crippen molar-refractivity contribution in [1.29, 1.82) is 0 Å². The number of allylic oxidation sites excluding steroid dienone is 4. The number of carbonyl (C=O) groups excluding carboxylic acids is 1. The van der Waals surface area contributed by atoms with Crippen molar-refractivity contribution in [2.75, 3.05) is 27.2 Å². The molecule has 0 spiro atoms. The molecule has 6 heteroatoms. The van der Waals surface area contributed by atoms with Crippen LogP contribution in [0.4, 0.5) is 13.2 Å². The molecule has 0 fully saturated rings. The molecule has 0 bridgehead atoms. The van der Waals surface area contributed by atoms with Gasteiger partial charge in [0.1, 0.15) is 5.83 Å². The first kappa shape index (κ1) is 20.4. The molecular weight excluding hydrogens is 365 g/mol. The lowest BCUT2D eigenvalue weighted by molar-refractivity contribution is 0.0778. The van der Waals surface area contributed by atoms with E-state index >= 15 is 0 Å². The van der Waals surface area contributed by atoms with E-state index in [1.807, 2.05) is 21.0 Å². The molecule has 1 heterocycles. The van der Waals surface area contributed by atoms with E-state index in [2.05, 4.69) is 4.90 Å². The van der Waals surface area contributed by atoms with Crippen molar-refractivity contribution in [2.24, 2.45) is 5.41 Å². The van der Waals surface area contributed by atoms with Crippen LogP contribution in [-0.4, -0.2) is 42.9 Å². The maximum atomic E-state index is 14.3. The summed E-state index contributed by atoms with van der Waals surface area (Å²) in [5.74, 6) is -3.18. The van der Waals surface area contributed by atoms with Crippen molar-refractivity contribution in [2.45, 2.75) is 26.2 Å². The van der Waals surface area contributed by atoms with Crippen molar-refractivity contribution in [3.63, 3.8) is 0 Å². The van der Waals surface area contributed by atoms with Gasteiger partial charge in [0.05, 0.1) is 5.56 Å². The quantitative estimate of drug-likeness (QED) is 0.719. The third-order valence-electron chi connectivity index (χ3n) is 5.74. The molecule has 0 saturated heterocycles. The first-order chi connectivity index (χ1) is 13.3. The molecule has 1 aromatic carbocycles. The standard InChI is InChI=1S/C22H25F3N2O/c1-4-22(12-13-26(2)3)14-27(19-11-9-15(23)8-10-17(19)22)21(28)16-6-5-7-18(24)20(16)25/h5-9,11H,4,10,12-14H2,1-3H3. The zero-order valence-corrected chi connectivity index (χ0v) is 16.4. The van der Waals surface area contributed by atoms with Crippen LogP contribution >= 0.6 is 0 Å². The summed E-state index contributed by atoms with van der Waals surface area (Å²) < 4.78 is 41.9. The van der Waals surface area contributed by atoms with Crippen molar-refractivity contribution < 1.29 is 18.0 Å². The predicted molar refractivity (Wildman–Crippen MR) is 103 cm³/mol. The van der Waals surface area contributed by atoms with Crippen LogP contribution in [0.15, 0.2) is 53.5 Å². The van der Waals surface area contributed by atoms with Crippen LogP contribution in [-0.2, 0) is 0 Å². The third kappa shape index (κ3) is 3.65. The Morgan fingerprint density at radius 3 is 2.64 bits per heavy atom. The van der Waals surface area contributed by atoms with Gasteiger partial charge in [-0.3, -0.25) is 4.79 Å². The number of rotatable bonds is 5. The molecule has 1 amide bonds. The average Bonchev–Trinajstić information content (AvgIpc) is 2.85. The molecule has 0 radical (unpaired) electrons. The van der Waals surface area contributed by atoms with Crippen LogP contribution in [0.5, 0.6) is 0 Å². The van der Waals surface area contributed by atoms with Crippen LogP contribution in [0.1, 0.15) is 36.5 Å². The van der Waals surface area contributed by atoms with E-state index in [0.717, 1.165) is 31.0 Å².